The Morgan fingerprint density at radius 3 is 2.64 bits per heavy atom. The molecule has 22 heavy (non-hydrogen) atoms. The normalized spacial score (nSPS) is 11.1. The number of aryl methyl sites for hydroxylation is 2. The van der Waals surface area contributed by atoms with Gasteiger partial charge in [-0.3, -0.25) is 4.79 Å². The van der Waals surface area contributed by atoms with Crippen molar-refractivity contribution in [3.63, 3.8) is 0 Å². The van der Waals surface area contributed by atoms with Crippen LogP contribution in [0.4, 0.5) is 0 Å². The molecule has 6 nitrogen and oxygen atoms in total. The lowest BCUT2D eigenvalue weighted by atomic mass is 10.1. The number of nitrogens with zero attached hydrogens (tertiary/aromatic N) is 2. The van der Waals surface area contributed by atoms with Gasteiger partial charge in [0.15, 0.2) is 0 Å². The maximum Gasteiger partial charge on any atom is 0.341 e. The number of carbonyl (C=O) groups is 1. The number of hydrogen-bond acceptors (Lipinski definition) is 4. The molecule has 2 aromatic rings. The van der Waals surface area contributed by atoms with Crippen LogP contribution in [0, 0.1) is 6.92 Å². The average Bonchev–Trinajstić information content (AvgIpc) is 2.43. The van der Waals surface area contributed by atoms with Gasteiger partial charge in [0.2, 0.25) is 5.43 Å². The number of aromatic nitrogens is 1. The van der Waals surface area contributed by atoms with Crippen LogP contribution in [0.5, 0.6) is 5.75 Å². The van der Waals surface area contributed by atoms with Crippen LogP contribution in [0.15, 0.2) is 23.1 Å². The van der Waals surface area contributed by atoms with Gasteiger partial charge in [0.05, 0.1) is 10.9 Å². The lowest BCUT2D eigenvalue weighted by Crippen LogP contribution is -2.21. The summed E-state index contributed by atoms with van der Waals surface area (Å²) in [7, 11) is 5.61. The number of carboxylic acid groups (broad SMARTS) is 1. The first-order valence-electron chi connectivity index (χ1n) is 6.96. The lowest BCUT2D eigenvalue weighted by Gasteiger charge is -2.16. The molecule has 1 N–H and O–H groups in total. The van der Waals surface area contributed by atoms with E-state index in [0.717, 1.165) is 12.1 Å². The Hall–Kier alpha value is -2.34. The predicted molar refractivity (Wildman–Crippen MR) is 84.9 cm³/mol. The van der Waals surface area contributed by atoms with Gasteiger partial charge in [-0.15, -0.1) is 0 Å². The van der Waals surface area contributed by atoms with E-state index in [4.69, 9.17) is 9.84 Å². The summed E-state index contributed by atoms with van der Waals surface area (Å²) < 4.78 is 7.41. The van der Waals surface area contributed by atoms with Crippen LogP contribution in [-0.2, 0) is 7.05 Å². The Balaban J connectivity index is 2.62. The molecule has 0 unspecified atom stereocenters. The van der Waals surface area contributed by atoms with Gasteiger partial charge in [-0.2, -0.15) is 0 Å². The molecule has 1 aromatic carbocycles. The van der Waals surface area contributed by atoms with Gasteiger partial charge in [-0.25, -0.2) is 4.79 Å². The molecule has 0 aliphatic heterocycles. The summed E-state index contributed by atoms with van der Waals surface area (Å²) >= 11 is 0. The molecular weight excluding hydrogens is 284 g/mol. The highest BCUT2D eigenvalue weighted by molar-refractivity contribution is 5.95. The Morgan fingerprint density at radius 1 is 1.36 bits per heavy atom. The Kier molecular flexibility index (Phi) is 4.51. The zero-order valence-corrected chi connectivity index (χ0v) is 13.2. The molecule has 1 heterocycles. The molecule has 0 radical (unpaired) electrons. The van der Waals surface area contributed by atoms with Gasteiger partial charge in [0.1, 0.15) is 17.9 Å². The Bertz CT molecular complexity index is 778. The van der Waals surface area contributed by atoms with E-state index in [1.807, 2.05) is 25.1 Å². The zero-order chi connectivity index (χ0) is 16.4. The van der Waals surface area contributed by atoms with Crippen molar-refractivity contribution in [3.05, 3.63) is 39.7 Å². The summed E-state index contributed by atoms with van der Waals surface area (Å²) in [6, 6.07) is 3.59. The topological polar surface area (TPSA) is 71.8 Å². The molecule has 0 aliphatic rings. The second kappa shape index (κ2) is 6.19. The number of fused-ring (bicyclic) bond motifs is 1. The largest absolute Gasteiger partial charge is 0.490 e. The molecule has 0 spiro atoms. The van der Waals surface area contributed by atoms with E-state index in [-0.39, 0.29) is 5.56 Å². The van der Waals surface area contributed by atoms with E-state index in [9.17, 15) is 9.59 Å². The van der Waals surface area contributed by atoms with Crippen molar-refractivity contribution in [1.82, 2.24) is 9.47 Å². The van der Waals surface area contributed by atoms with Gasteiger partial charge in [-0.1, -0.05) is 6.07 Å². The minimum atomic E-state index is -1.22. The summed E-state index contributed by atoms with van der Waals surface area (Å²) in [6.07, 6.45) is 1.34. The highest BCUT2D eigenvalue weighted by Gasteiger charge is 2.17. The zero-order valence-electron chi connectivity index (χ0n) is 13.2. The maximum absolute atomic E-state index is 12.4. The molecule has 6 heteroatoms. The summed E-state index contributed by atoms with van der Waals surface area (Å²) in [5, 5.41) is 9.56. The molecule has 2 rings (SSSR count). The van der Waals surface area contributed by atoms with Gasteiger partial charge >= 0.3 is 5.97 Å². The van der Waals surface area contributed by atoms with Crippen LogP contribution in [0.25, 0.3) is 10.9 Å². The van der Waals surface area contributed by atoms with Crippen molar-refractivity contribution in [2.24, 2.45) is 7.05 Å². The number of hydrogen-bond donors (Lipinski definition) is 1. The fourth-order valence-electron chi connectivity index (χ4n) is 2.37. The molecule has 0 atom stereocenters. The van der Waals surface area contributed by atoms with Gasteiger partial charge in [0, 0.05) is 19.8 Å². The first kappa shape index (κ1) is 16.0. The van der Waals surface area contributed by atoms with Crippen LogP contribution in [0.3, 0.4) is 0 Å². The quantitative estimate of drug-likeness (QED) is 0.906. The average molecular weight is 304 g/mol. The smallest absolute Gasteiger partial charge is 0.341 e. The minimum Gasteiger partial charge on any atom is -0.490 e. The first-order chi connectivity index (χ1) is 10.3. The molecule has 0 fully saturated rings. The molecule has 0 saturated heterocycles. The van der Waals surface area contributed by atoms with Gasteiger partial charge in [0.25, 0.3) is 0 Å². The SMILES string of the molecule is Cc1ccc(OCCN(C)C)c2c1c(=O)c(C(=O)O)cn2C. The monoisotopic (exact) mass is 304 g/mol. The lowest BCUT2D eigenvalue weighted by molar-refractivity contribution is 0.0695. The van der Waals surface area contributed by atoms with E-state index in [2.05, 4.69) is 0 Å². The van der Waals surface area contributed by atoms with Crippen molar-refractivity contribution in [2.45, 2.75) is 6.92 Å². The Labute approximate surface area is 128 Å². The van der Waals surface area contributed by atoms with Crippen LogP contribution < -0.4 is 10.2 Å². The predicted octanol–water partition coefficient (Wildman–Crippen LogP) is 1.49. The number of ether oxygens (including phenoxy) is 1. The number of benzene rings is 1. The summed E-state index contributed by atoms with van der Waals surface area (Å²) in [4.78, 5) is 25.6. The van der Waals surface area contributed by atoms with E-state index >= 15 is 0 Å². The molecule has 1 aromatic heterocycles. The van der Waals surface area contributed by atoms with E-state index in [1.165, 1.54) is 6.20 Å². The number of aromatic carboxylic acids is 1. The second-order valence-electron chi connectivity index (χ2n) is 5.54. The highest BCUT2D eigenvalue weighted by atomic mass is 16.5. The molecule has 118 valence electrons. The summed E-state index contributed by atoms with van der Waals surface area (Å²) in [5.74, 6) is -0.639. The number of likely N-dealkylation sites (N-methyl/N-ethyl adjacent to an activating group) is 1. The highest BCUT2D eigenvalue weighted by Crippen LogP contribution is 2.26. The number of pyridine rings is 1. The van der Waals surface area contributed by atoms with Crippen LogP contribution in [-0.4, -0.2) is 47.8 Å². The van der Waals surface area contributed by atoms with Gasteiger partial charge < -0.3 is 19.3 Å². The maximum atomic E-state index is 12.4. The standard InChI is InChI=1S/C16H20N2O4/c1-10-5-6-12(22-8-7-17(2)3)14-13(10)15(19)11(16(20)21)9-18(14)4/h5-6,9H,7-8H2,1-4H3,(H,20,21). The van der Waals surface area contributed by atoms with E-state index < -0.39 is 11.4 Å². The summed E-state index contributed by atoms with van der Waals surface area (Å²) in [5.41, 5.74) is 0.645. The number of rotatable bonds is 5. The van der Waals surface area contributed by atoms with E-state index in [0.29, 0.717) is 23.3 Å². The summed E-state index contributed by atoms with van der Waals surface area (Å²) in [6.45, 7) is 3.02. The Morgan fingerprint density at radius 2 is 2.05 bits per heavy atom. The third kappa shape index (κ3) is 2.96. The van der Waals surface area contributed by atoms with Crippen molar-refractivity contribution >= 4 is 16.9 Å². The third-order valence-electron chi connectivity index (χ3n) is 3.52. The fraction of sp³-hybridized carbons (Fsp3) is 0.375. The van der Waals surface area contributed by atoms with E-state index in [1.54, 1.807) is 24.6 Å². The fourth-order valence-corrected chi connectivity index (χ4v) is 2.37. The first-order valence-corrected chi connectivity index (χ1v) is 6.96. The van der Waals surface area contributed by atoms with Crippen molar-refractivity contribution < 1.29 is 14.6 Å². The van der Waals surface area contributed by atoms with Crippen molar-refractivity contribution in [2.75, 3.05) is 27.2 Å². The van der Waals surface area contributed by atoms with Crippen LogP contribution >= 0.6 is 0 Å². The molecular formula is C16H20N2O4. The molecule has 0 bridgehead atoms. The van der Waals surface area contributed by atoms with Gasteiger partial charge in [-0.05, 0) is 32.6 Å². The molecule has 0 amide bonds. The number of carboxylic acids is 1. The van der Waals surface area contributed by atoms with Crippen LogP contribution in [0.1, 0.15) is 15.9 Å². The second-order valence-corrected chi connectivity index (χ2v) is 5.54. The third-order valence-corrected chi connectivity index (χ3v) is 3.52. The minimum absolute atomic E-state index is 0.233. The molecule has 0 aliphatic carbocycles. The van der Waals surface area contributed by atoms with Crippen LogP contribution in [0.2, 0.25) is 0 Å². The molecule has 0 saturated carbocycles. The van der Waals surface area contributed by atoms with Crippen molar-refractivity contribution in [1.29, 1.82) is 0 Å². The van der Waals surface area contributed by atoms with Crippen molar-refractivity contribution in [3.8, 4) is 5.75 Å².